The number of ether oxygens (including phenoxy) is 3. The number of aromatic nitrogens is 5. The first-order chi connectivity index (χ1) is 16.1. The largest absolute Gasteiger partial charge is 0.444 e. The number of hydrogen-bond donors (Lipinski definition) is 3. The van der Waals surface area contributed by atoms with Crippen LogP contribution in [0.15, 0.2) is 24.5 Å². The molecule has 1 saturated heterocycles. The van der Waals surface area contributed by atoms with Crippen LogP contribution in [0.3, 0.4) is 0 Å². The first kappa shape index (κ1) is 20.4. The fraction of sp³-hybridized carbons (Fsp3) is 0.545. The monoisotopic (exact) mass is 453 g/mol. The van der Waals surface area contributed by atoms with Gasteiger partial charge >= 0.3 is 6.09 Å². The summed E-state index contributed by atoms with van der Waals surface area (Å²) in [6.07, 6.45) is 7.79. The number of amides is 1. The second kappa shape index (κ2) is 7.99. The standard InChI is InChI=1S/C22H27N7O4/c1-31-11-14-8-17-20(23-6-7-29(17)28-14)24-19-10-16(26-27-19)18-9-15(12-32-18)33-21(30)25-22(4-5-22)13-2-3-13/h6-8,10,13,15,18H,2-5,9,11-12H2,1H3,(H,25,30)(H2,23,24,26,27)/t15-,18-/m1/s1. The third kappa shape index (κ3) is 4.13. The van der Waals surface area contributed by atoms with Gasteiger partial charge in [-0.2, -0.15) is 10.2 Å². The summed E-state index contributed by atoms with van der Waals surface area (Å²) < 4.78 is 18.4. The highest BCUT2D eigenvalue weighted by atomic mass is 16.6. The number of H-pyrrole nitrogens is 1. The minimum Gasteiger partial charge on any atom is -0.444 e. The highest BCUT2D eigenvalue weighted by molar-refractivity contribution is 5.72. The summed E-state index contributed by atoms with van der Waals surface area (Å²) in [5.74, 6) is 1.90. The molecule has 3 aromatic heterocycles. The lowest BCUT2D eigenvalue weighted by molar-refractivity contribution is 0.0667. The van der Waals surface area contributed by atoms with Crippen LogP contribution in [0.4, 0.5) is 16.4 Å². The SMILES string of the molecule is COCc1cc2c(Nc3cc([C@H]4C[C@@H](OC(=O)NC5(C6CC6)CC5)CO4)[nH]n3)nccn2n1. The van der Waals surface area contributed by atoms with E-state index in [0.29, 0.717) is 37.2 Å². The first-order valence-electron chi connectivity index (χ1n) is 11.4. The van der Waals surface area contributed by atoms with Crippen LogP contribution in [0.5, 0.6) is 0 Å². The summed E-state index contributed by atoms with van der Waals surface area (Å²) >= 11 is 0. The van der Waals surface area contributed by atoms with Crippen molar-refractivity contribution in [2.45, 2.75) is 56.5 Å². The van der Waals surface area contributed by atoms with Crippen LogP contribution in [0.1, 0.15) is 49.6 Å². The van der Waals surface area contributed by atoms with Crippen LogP contribution >= 0.6 is 0 Å². The molecule has 33 heavy (non-hydrogen) atoms. The average molecular weight is 454 g/mol. The second-order valence-corrected chi connectivity index (χ2v) is 9.15. The third-order valence-electron chi connectivity index (χ3n) is 6.66. The molecule has 0 aromatic carbocycles. The Morgan fingerprint density at radius 2 is 2.24 bits per heavy atom. The number of anilines is 2. The molecular weight excluding hydrogens is 426 g/mol. The predicted molar refractivity (Wildman–Crippen MR) is 117 cm³/mol. The van der Waals surface area contributed by atoms with Crippen molar-refractivity contribution in [3.05, 3.63) is 35.9 Å². The van der Waals surface area contributed by atoms with Crippen molar-refractivity contribution >= 4 is 23.2 Å². The Hall–Kier alpha value is -3.18. The molecule has 0 spiro atoms. The van der Waals surface area contributed by atoms with Crippen molar-refractivity contribution in [2.24, 2.45) is 5.92 Å². The Balaban J connectivity index is 1.07. The van der Waals surface area contributed by atoms with Gasteiger partial charge in [-0.05, 0) is 37.7 Å². The number of aromatic amines is 1. The molecule has 1 amide bonds. The van der Waals surface area contributed by atoms with Gasteiger partial charge in [0.05, 0.1) is 24.6 Å². The van der Waals surface area contributed by atoms with Gasteiger partial charge in [-0.15, -0.1) is 0 Å². The molecule has 1 aliphatic heterocycles. The van der Waals surface area contributed by atoms with E-state index in [1.807, 2.05) is 12.1 Å². The second-order valence-electron chi connectivity index (χ2n) is 9.15. The summed E-state index contributed by atoms with van der Waals surface area (Å²) in [5.41, 5.74) is 2.47. The molecule has 2 aliphatic carbocycles. The van der Waals surface area contributed by atoms with Crippen LogP contribution in [-0.2, 0) is 20.8 Å². The third-order valence-corrected chi connectivity index (χ3v) is 6.66. The van der Waals surface area contributed by atoms with Crippen molar-refractivity contribution in [2.75, 3.05) is 19.0 Å². The van der Waals surface area contributed by atoms with E-state index < -0.39 is 0 Å². The van der Waals surface area contributed by atoms with Crippen LogP contribution in [0.2, 0.25) is 0 Å². The molecule has 2 atom stereocenters. The lowest BCUT2D eigenvalue weighted by atomic mass is 10.1. The molecule has 3 fully saturated rings. The van der Waals surface area contributed by atoms with E-state index in [0.717, 1.165) is 29.7 Å². The molecule has 11 nitrogen and oxygen atoms in total. The quantitative estimate of drug-likeness (QED) is 0.475. The number of alkyl carbamates (subject to hydrolysis) is 1. The number of carbonyl (C=O) groups excluding carboxylic acids is 1. The zero-order valence-corrected chi connectivity index (χ0v) is 18.4. The zero-order chi connectivity index (χ0) is 22.4. The Labute approximate surface area is 190 Å². The van der Waals surface area contributed by atoms with Gasteiger partial charge in [0.25, 0.3) is 0 Å². The highest BCUT2D eigenvalue weighted by Gasteiger charge is 2.55. The van der Waals surface area contributed by atoms with Gasteiger partial charge in [-0.1, -0.05) is 0 Å². The van der Waals surface area contributed by atoms with Crippen molar-refractivity contribution in [1.29, 1.82) is 0 Å². The summed E-state index contributed by atoms with van der Waals surface area (Å²) in [4.78, 5) is 16.8. The first-order valence-corrected chi connectivity index (χ1v) is 11.4. The van der Waals surface area contributed by atoms with E-state index in [9.17, 15) is 4.79 Å². The lowest BCUT2D eigenvalue weighted by Crippen LogP contribution is -2.40. The zero-order valence-electron chi connectivity index (χ0n) is 18.4. The van der Waals surface area contributed by atoms with Gasteiger partial charge in [0.2, 0.25) is 0 Å². The smallest absolute Gasteiger partial charge is 0.407 e. The maximum atomic E-state index is 12.3. The van der Waals surface area contributed by atoms with Gasteiger partial charge in [0.1, 0.15) is 17.7 Å². The van der Waals surface area contributed by atoms with Gasteiger partial charge in [0, 0.05) is 37.5 Å². The average Bonchev–Trinajstić information content (AvgIpc) is 3.64. The Morgan fingerprint density at radius 3 is 3.03 bits per heavy atom. The molecule has 3 N–H and O–H groups in total. The van der Waals surface area contributed by atoms with Gasteiger partial charge < -0.3 is 24.8 Å². The fourth-order valence-electron chi connectivity index (χ4n) is 4.66. The summed E-state index contributed by atoms with van der Waals surface area (Å²) in [5, 5.41) is 18.2. The Bertz CT molecular complexity index is 1170. The summed E-state index contributed by atoms with van der Waals surface area (Å²) in [6.45, 7) is 0.796. The number of nitrogens with zero attached hydrogens (tertiary/aromatic N) is 4. The Kier molecular flexibility index (Phi) is 4.95. The van der Waals surface area contributed by atoms with Crippen molar-refractivity contribution in [3.63, 3.8) is 0 Å². The van der Waals surface area contributed by atoms with E-state index in [2.05, 4.69) is 30.9 Å². The predicted octanol–water partition coefficient (Wildman–Crippen LogP) is 2.84. The molecule has 0 radical (unpaired) electrons. The normalized spacial score (nSPS) is 23.5. The maximum absolute atomic E-state index is 12.3. The van der Waals surface area contributed by atoms with Crippen LogP contribution < -0.4 is 10.6 Å². The van der Waals surface area contributed by atoms with E-state index in [4.69, 9.17) is 14.2 Å². The number of carbonyl (C=O) groups is 1. The molecule has 4 heterocycles. The lowest BCUT2D eigenvalue weighted by Gasteiger charge is -2.18. The molecule has 3 aliphatic rings. The van der Waals surface area contributed by atoms with Crippen molar-refractivity contribution < 1.29 is 19.0 Å². The number of methoxy groups -OCH3 is 1. The maximum Gasteiger partial charge on any atom is 0.407 e. The molecule has 174 valence electrons. The molecule has 0 bridgehead atoms. The molecule has 3 aromatic rings. The van der Waals surface area contributed by atoms with Gasteiger partial charge in [0.15, 0.2) is 11.6 Å². The number of hydrogen-bond acceptors (Lipinski definition) is 8. The molecular formula is C22H27N7O4. The molecule has 6 rings (SSSR count). The van der Waals surface area contributed by atoms with E-state index in [1.54, 1.807) is 24.0 Å². The molecule has 0 unspecified atom stereocenters. The topological polar surface area (TPSA) is 128 Å². The number of rotatable bonds is 8. The molecule has 2 saturated carbocycles. The van der Waals surface area contributed by atoms with Gasteiger partial charge in [-0.3, -0.25) is 5.10 Å². The van der Waals surface area contributed by atoms with Gasteiger partial charge in [-0.25, -0.2) is 14.3 Å². The van der Waals surface area contributed by atoms with E-state index in [-0.39, 0.29) is 23.8 Å². The minimum atomic E-state index is -0.326. The summed E-state index contributed by atoms with van der Waals surface area (Å²) in [7, 11) is 1.64. The van der Waals surface area contributed by atoms with E-state index in [1.165, 1.54) is 12.8 Å². The minimum absolute atomic E-state index is 0.0105. The van der Waals surface area contributed by atoms with Crippen LogP contribution in [0, 0.1) is 5.92 Å². The van der Waals surface area contributed by atoms with E-state index >= 15 is 0 Å². The molecule has 11 heteroatoms. The van der Waals surface area contributed by atoms with Crippen LogP contribution in [0.25, 0.3) is 5.52 Å². The van der Waals surface area contributed by atoms with Crippen molar-refractivity contribution in [3.8, 4) is 0 Å². The fourth-order valence-corrected chi connectivity index (χ4v) is 4.66. The van der Waals surface area contributed by atoms with Crippen LogP contribution in [-0.4, -0.2) is 56.2 Å². The number of nitrogens with one attached hydrogen (secondary N) is 3. The number of fused-ring (bicyclic) bond motifs is 1. The summed E-state index contributed by atoms with van der Waals surface area (Å²) in [6, 6.07) is 3.81. The van der Waals surface area contributed by atoms with Crippen molar-refractivity contribution in [1.82, 2.24) is 30.1 Å². The Morgan fingerprint density at radius 1 is 1.36 bits per heavy atom. The highest BCUT2D eigenvalue weighted by Crippen LogP contribution is 2.53.